The number of amides is 1. The third-order valence-electron chi connectivity index (χ3n) is 6.24. The molecule has 0 spiro atoms. The lowest BCUT2D eigenvalue weighted by atomic mass is 9.87. The Bertz CT molecular complexity index is 1270. The fraction of sp³-hybridized carbons (Fsp3) is 0.241. The number of likely N-dealkylation sites (tertiary alicyclic amines) is 1. The zero-order valence-electron chi connectivity index (χ0n) is 20.7. The number of halogens is 1. The minimum Gasteiger partial charge on any atom is -0.497 e. The minimum absolute atomic E-state index is 0.109. The molecule has 0 N–H and O–H groups in total. The predicted octanol–water partition coefficient (Wildman–Crippen LogP) is 6.63. The molecular formula is C29H28BrNO5S. The maximum Gasteiger partial charge on any atom is 0.411 e. The number of carbonyl (C=O) groups is 2. The van der Waals surface area contributed by atoms with Gasteiger partial charge in [0.15, 0.2) is 5.54 Å². The Balaban J connectivity index is 1.67. The lowest BCUT2D eigenvalue weighted by Gasteiger charge is -2.35. The maximum atomic E-state index is 13.5. The molecule has 0 aliphatic carbocycles. The smallest absolute Gasteiger partial charge is 0.411 e. The molecule has 0 radical (unpaired) electrons. The van der Waals surface area contributed by atoms with Gasteiger partial charge in [0.05, 0.1) is 14.2 Å². The van der Waals surface area contributed by atoms with Crippen LogP contribution in [-0.2, 0) is 27.3 Å². The summed E-state index contributed by atoms with van der Waals surface area (Å²) in [5, 5.41) is 2.01. The summed E-state index contributed by atoms with van der Waals surface area (Å²) in [4.78, 5) is 29.5. The van der Waals surface area contributed by atoms with E-state index in [1.54, 1.807) is 18.9 Å². The highest BCUT2D eigenvalue weighted by atomic mass is 79.9. The van der Waals surface area contributed by atoms with E-state index in [9.17, 15) is 9.59 Å². The number of rotatable bonds is 8. The van der Waals surface area contributed by atoms with Crippen molar-refractivity contribution in [3.05, 3.63) is 105 Å². The van der Waals surface area contributed by atoms with Gasteiger partial charge in [-0.15, -0.1) is 0 Å². The van der Waals surface area contributed by atoms with Crippen LogP contribution >= 0.6 is 27.7 Å². The van der Waals surface area contributed by atoms with E-state index in [2.05, 4.69) is 15.9 Å². The molecule has 1 saturated heterocycles. The number of methoxy groups -OCH3 is 2. The van der Waals surface area contributed by atoms with E-state index in [4.69, 9.17) is 14.2 Å². The Hall–Kier alpha value is -3.23. The van der Waals surface area contributed by atoms with Gasteiger partial charge in [-0.25, -0.2) is 9.59 Å². The number of hydrogen-bond acceptors (Lipinski definition) is 6. The average molecular weight is 583 g/mol. The first-order chi connectivity index (χ1) is 17.9. The van der Waals surface area contributed by atoms with E-state index >= 15 is 0 Å². The van der Waals surface area contributed by atoms with E-state index in [0.29, 0.717) is 12.2 Å². The SMILES string of the molecule is COC(=O)C1(Cc2ccc(OC)cc2Br)CC(=CSc2ccccc2)CN1C(=O)OCc1ccccc1. The lowest BCUT2D eigenvalue weighted by molar-refractivity contribution is -0.152. The fourth-order valence-corrected chi connectivity index (χ4v) is 5.64. The summed E-state index contributed by atoms with van der Waals surface area (Å²) in [6, 6.07) is 25.0. The minimum atomic E-state index is -1.26. The number of ether oxygens (including phenoxy) is 3. The van der Waals surface area contributed by atoms with Crippen molar-refractivity contribution >= 4 is 39.8 Å². The summed E-state index contributed by atoms with van der Waals surface area (Å²) in [6.45, 7) is 0.369. The third kappa shape index (κ3) is 6.37. The molecule has 1 fully saturated rings. The lowest BCUT2D eigenvalue weighted by Crippen LogP contribution is -2.55. The Labute approximate surface area is 229 Å². The molecule has 4 rings (SSSR count). The molecule has 6 nitrogen and oxygen atoms in total. The number of carbonyl (C=O) groups excluding carboxylic acids is 2. The summed E-state index contributed by atoms with van der Waals surface area (Å²) in [6.07, 6.45) is 0.0168. The Morgan fingerprint density at radius 3 is 2.38 bits per heavy atom. The third-order valence-corrected chi connectivity index (χ3v) is 7.97. The summed E-state index contributed by atoms with van der Waals surface area (Å²) in [5.41, 5.74) is 1.40. The molecule has 0 bridgehead atoms. The molecule has 192 valence electrons. The van der Waals surface area contributed by atoms with Crippen LogP contribution in [0.15, 0.2) is 99.2 Å². The maximum absolute atomic E-state index is 13.5. The summed E-state index contributed by atoms with van der Waals surface area (Å²) in [5.74, 6) is 0.202. The van der Waals surface area contributed by atoms with Crippen LogP contribution in [0.5, 0.6) is 5.75 Å². The molecule has 1 amide bonds. The summed E-state index contributed by atoms with van der Waals surface area (Å²) in [7, 11) is 2.95. The number of hydrogen-bond donors (Lipinski definition) is 0. The van der Waals surface area contributed by atoms with Crippen molar-refractivity contribution in [2.45, 2.75) is 29.9 Å². The van der Waals surface area contributed by atoms with Gasteiger partial charge in [-0.2, -0.15) is 0 Å². The van der Waals surface area contributed by atoms with Crippen LogP contribution in [0.1, 0.15) is 17.5 Å². The Morgan fingerprint density at radius 2 is 1.73 bits per heavy atom. The van der Waals surface area contributed by atoms with Crippen LogP contribution in [0.3, 0.4) is 0 Å². The molecule has 8 heteroatoms. The predicted molar refractivity (Wildman–Crippen MR) is 147 cm³/mol. The quantitative estimate of drug-likeness (QED) is 0.220. The number of thioether (sulfide) groups is 1. The molecule has 1 heterocycles. The highest BCUT2D eigenvalue weighted by Crippen LogP contribution is 2.41. The molecule has 1 aliphatic heterocycles. The molecule has 0 saturated carbocycles. The van der Waals surface area contributed by atoms with Gasteiger partial charge in [0.25, 0.3) is 0 Å². The van der Waals surface area contributed by atoms with E-state index in [0.717, 1.165) is 26.1 Å². The van der Waals surface area contributed by atoms with Gasteiger partial charge in [-0.1, -0.05) is 82.3 Å². The first kappa shape index (κ1) is 26.8. The van der Waals surface area contributed by atoms with Gasteiger partial charge in [0.1, 0.15) is 12.4 Å². The van der Waals surface area contributed by atoms with Crippen molar-refractivity contribution in [1.29, 1.82) is 0 Å². The van der Waals surface area contributed by atoms with Gasteiger partial charge in [-0.05, 0) is 46.4 Å². The summed E-state index contributed by atoms with van der Waals surface area (Å²) >= 11 is 5.16. The van der Waals surface area contributed by atoms with Gasteiger partial charge in [0, 0.05) is 28.8 Å². The van der Waals surface area contributed by atoms with Crippen molar-refractivity contribution in [1.82, 2.24) is 4.90 Å². The van der Waals surface area contributed by atoms with Gasteiger partial charge in [0.2, 0.25) is 0 Å². The zero-order chi connectivity index (χ0) is 26.3. The summed E-state index contributed by atoms with van der Waals surface area (Å²) < 4.78 is 17.1. The van der Waals surface area contributed by atoms with Crippen molar-refractivity contribution in [2.75, 3.05) is 20.8 Å². The molecule has 0 aromatic heterocycles. The first-order valence-electron chi connectivity index (χ1n) is 11.7. The van der Waals surface area contributed by atoms with Crippen molar-refractivity contribution in [3.8, 4) is 5.75 Å². The van der Waals surface area contributed by atoms with Crippen LogP contribution in [0, 0.1) is 0 Å². The normalized spacial score (nSPS) is 18.0. The molecule has 1 aliphatic rings. The van der Waals surface area contributed by atoms with Gasteiger partial charge < -0.3 is 14.2 Å². The van der Waals surface area contributed by atoms with Crippen LogP contribution in [0.25, 0.3) is 0 Å². The van der Waals surface area contributed by atoms with Gasteiger partial charge >= 0.3 is 12.1 Å². The van der Waals surface area contributed by atoms with Crippen LogP contribution in [0.2, 0.25) is 0 Å². The average Bonchev–Trinajstić information content (AvgIpc) is 3.31. The number of nitrogens with zero attached hydrogens (tertiary/aromatic N) is 1. The largest absolute Gasteiger partial charge is 0.497 e. The van der Waals surface area contributed by atoms with E-state index in [-0.39, 0.29) is 19.6 Å². The van der Waals surface area contributed by atoms with Crippen LogP contribution < -0.4 is 4.74 Å². The van der Waals surface area contributed by atoms with Gasteiger partial charge in [-0.3, -0.25) is 4.90 Å². The number of esters is 1. The van der Waals surface area contributed by atoms with E-state index in [1.807, 2.05) is 84.3 Å². The van der Waals surface area contributed by atoms with E-state index < -0.39 is 17.6 Å². The fourth-order valence-electron chi connectivity index (χ4n) is 4.36. The second-order valence-corrected chi connectivity index (χ2v) is 10.5. The monoisotopic (exact) mass is 581 g/mol. The molecule has 3 aromatic carbocycles. The second-order valence-electron chi connectivity index (χ2n) is 8.67. The standard InChI is InChI=1S/C29H28BrNO5S/c1-34-24-14-13-23(26(30)15-24)17-29(27(32)35-2)16-22(20-37-25-11-7-4-8-12-25)18-31(29)28(33)36-19-21-9-5-3-6-10-21/h3-15,20H,16-19H2,1-2H3. The van der Waals surface area contributed by atoms with Crippen LogP contribution in [-0.4, -0.2) is 43.3 Å². The zero-order valence-corrected chi connectivity index (χ0v) is 23.1. The van der Waals surface area contributed by atoms with Crippen molar-refractivity contribution in [2.24, 2.45) is 0 Å². The molecule has 1 atom stereocenters. The topological polar surface area (TPSA) is 65.1 Å². The van der Waals surface area contributed by atoms with Crippen molar-refractivity contribution < 1.29 is 23.8 Å². The molecule has 3 aromatic rings. The Morgan fingerprint density at radius 1 is 1.03 bits per heavy atom. The Kier molecular flexibility index (Phi) is 8.95. The van der Waals surface area contributed by atoms with Crippen molar-refractivity contribution in [3.63, 3.8) is 0 Å². The van der Waals surface area contributed by atoms with Crippen LogP contribution in [0.4, 0.5) is 4.79 Å². The molecular weight excluding hydrogens is 554 g/mol. The van der Waals surface area contributed by atoms with E-state index in [1.165, 1.54) is 12.0 Å². The molecule has 37 heavy (non-hydrogen) atoms. The second kappa shape index (κ2) is 12.3. The molecule has 1 unspecified atom stereocenters. The highest BCUT2D eigenvalue weighted by Gasteiger charge is 2.53. The number of benzene rings is 3. The highest BCUT2D eigenvalue weighted by molar-refractivity contribution is 9.10. The first-order valence-corrected chi connectivity index (χ1v) is 13.4.